The van der Waals surface area contributed by atoms with Crippen LogP contribution < -0.4 is 5.32 Å². The Balaban J connectivity index is 1.77. The number of aromatic nitrogens is 5. The van der Waals surface area contributed by atoms with Gasteiger partial charge in [-0.15, -0.1) is 27.0 Å². The first-order valence-corrected chi connectivity index (χ1v) is 9.65. The Morgan fingerprint density at radius 3 is 2.73 bits per heavy atom. The van der Waals surface area contributed by atoms with Gasteiger partial charge < -0.3 is 0 Å². The Morgan fingerprint density at radius 1 is 1.31 bits per heavy atom. The van der Waals surface area contributed by atoms with Crippen LogP contribution in [0, 0.1) is 6.92 Å². The molecule has 26 heavy (non-hydrogen) atoms. The highest BCUT2D eigenvalue weighted by Gasteiger charge is 2.21. The highest BCUT2D eigenvalue weighted by Crippen LogP contribution is 2.27. The Kier molecular flexibility index (Phi) is 5.79. The van der Waals surface area contributed by atoms with Gasteiger partial charge in [0.05, 0.1) is 5.25 Å². The highest BCUT2D eigenvalue weighted by molar-refractivity contribution is 8.00. The molecular formula is C17H18N6OS2. The van der Waals surface area contributed by atoms with Crippen molar-refractivity contribution in [2.24, 2.45) is 0 Å². The van der Waals surface area contributed by atoms with Crippen LogP contribution >= 0.6 is 23.1 Å². The van der Waals surface area contributed by atoms with Crippen molar-refractivity contribution in [3.05, 3.63) is 48.0 Å². The van der Waals surface area contributed by atoms with Gasteiger partial charge in [0, 0.05) is 12.1 Å². The minimum Gasteiger partial charge on any atom is -0.300 e. The lowest BCUT2D eigenvalue weighted by Crippen LogP contribution is -2.22. The molecule has 0 aliphatic carbocycles. The van der Waals surface area contributed by atoms with Crippen molar-refractivity contribution in [3.63, 3.8) is 0 Å². The highest BCUT2D eigenvalue weighted by atomic mass is 32.2. The van der Waals surface area contributed by atoms with E-state index < -0.39 is 0 Å². The molecular weight excluding hydrogens is 368 g/mol. The molecule has 1 N–H and O–H groups in total. The zero-order valence-electron chi connectivity index (χ0n) is 14.4. The molecule has 0 aliphatic rings. The van der Waals surface area contributed by atoms with Gasteiger partial charge in [-0.3, -0.25) is 14.7 Å². The number of hydrogen-bond donors (Lipinski definition) is 1. The molecule has 0 unspecified atom stereocenters. The SMILES string of the molecule is C=CCn1c(S[C@H](C)C(=O)Nc2nnc(C)s2)nnc1-c1ccccc1. The van der Waals surface area contributed by atoms with Gasteiger partial charge >= 0.3 is 0 Å². The van der Waals surface area contributed by atoms with E-state index in [1.54, 1.807) is 6.08 Å². The Bertz CT molecular complexity index is 905. The summed E-state index contributed by atoms with van der Waals surface area (Å²) in [6, 6.07) is 9.82. The van der Waals surface area contributed by atoms with E-state index >= 15 is 0 Å². The minimum absolute atomic E-state index is 0.152. The number of nitrogens with zero attached hydrogens (tertiary/aromatic N) is 5. The van der Waals surface area contributed by atoms with Crippen LogP contribution in [0.4, 0.5) is 5.13 Å². The number of nitrogens with one attached hydrogen (secondary N) is 1. The summed E-state index contributed by atoms with van der Waals surface area (Å²) in [5.41, 5.74) is 0.968. The van der Waals surface area contributed by atoms with Crippen molar-refractivity contribution in [1.82, 2.24) is 25.0 Å². The molecule has 0 radical (unpaired) electrons. The topological polar surface area (TPSA) is 85.6 Å². The van der Waals surface area contributed by atoms with E-state index in [4.69, 9.17) is 0 Å². The molecule has 0 fully saturated rings. The van der Waals surface area contributed by atoms with Crippen LogP contribution in [0.25, 0.3) is 11.4 Å². The second-order valence-electron chi connectivity index (χ2n) is 5.45. The zero-order valence-corrected chi connectivity index (χ0v) is 16.0. The maximum Gasteiger partial charge on any atom is 0.239 e. The lowest BCUT2D eigenvalue weighted by atomic mass is 10.2. The van der Waals surface area contributed by atoms with E-state index in [1.165, 1.54) is 23.1 Å². The summed E-state index contributed by atoms with van der Waals surface area (Å²) in [5.74, 6) is 0.598. The fourth-order valence-electron chi connectivity index (χ4n) is 2.24. The van der Waals surface area contributed by atoms with Crippen LogP contribution in [-0.4, -0.2) is 36.1 Å². The van der Waals surface area contributed by atoms with E-state index in [2.05, 4.69) is 32.3 Å². The average Bonchev–Trinajstić information content (AvgIpc) is 3.22. The largest absolute Gasteiger partial charge is 0.300 e. The Hall–Kier alpha value is -2.52. The van der Waals surface area contributed by atoms with E-state index in [-0.39, 0.29) is 11.2 Å². The number of aryl methyl sites for hydroxylation is 1. The van der Waals surface area contributed by atoms with Crippen LogP contribution in [0.15, 0.2) is 48.1 Å². The Labute approximate surface area is 159 Å². The van der Waals surface area contributed by atoms with Gasteiger partial charge in [0.15, 0.2) is 11.0 Å². The van der Waals surface area contributed by atoms with E-state index in [0.717, 1.165) is 16.4 Å². The second kappa shape index (κ2) is 8.24. The summed E-state index contributed by atoms with van der Waals surface area (Å²) in [5, 5.41) is 20.8. The molecule has 0 saturated carbocycles. The van der Waals surface area contributed by atoms with E-state index in [9.17, 15) is 4.79 Å². The third-order valence-electron chi connectivity index (χ3n) is 3.47. The monoisotopic (exact) mass is 386 g/mol. The number of benzene rings is 1. The number of rotatable bonds is 7. The predicted molar refractivity (Wildman–Crippen MR) is 104 cm³/mol. The first-order valence-electron chi connectivity index (χ1n) is 7.95. The molecule has 1 amide bonds. The quantitative estimate of drug-likeness (QED) is 0.495. The molecule has 0 bridgehead atoms. The molecule has 1 aromatic carbocycles. The van der Waals surface area contributed by atoms with Gasteiger partial charge in [-0.05, 0) is 13.8 Å². The predicted octanol–water partition coefficient (Wildman–Crippen LogP) is 3.41. The van der Waals surface area contributed by atoms with Gasteiger partial charge in [-0.1, -0.05) is 59.5 Å². The number of thioether (sulfide) groups is 1. The average molecular weight is 387 g/mol. The van der Waals surface area contributed by atoms with Crippen LogP contribution in [0.2, 0.25) is 0 Å². The van der Waals surface area contributed by atoms with Crippen molar-refractivity contribution in [1.29, 1.82) is 0 Å². The number of allylic oxidation sites excluding steroid dienone is 1. The molecule has 9 heteroatoms. The fourth-order valence-corrected chi connectivity index (χ4v) is 3.69. The van der Waals surface area contributed by atoms with Crippen molar-refractivity contribution in [2.75, 3.05) is 5.32 Å². The van der Waals surface area contributed by atoms with Crippen LogP contribution in [0.1, 0.15) is 11.9 Å². The van der Waals surface area contributed by atoms with E-state index in [1.807, 2.05) is 48.7 Å². The molecule has 134 valence electrons. The molecule has 7 nitrogen and oxygen atoms in total. The van der Waals surface area contributed by atoms with Gasteiger partial charge in [0.25, 0.3) is 0 Å². The second-order valence-corrected chi connectivity index (χ2v) is 7.94. The number of anilines is 1. The van der Waals surface area contributed by atoms with Crippen molar-refractivity contribution in [2.45, 2.75) is 30.8 Å². The van der Waals surface area contributed by atoms with Gasteiger partial charge in [0.1, 0.15) is 5.01 Å². The lowest BCUT2D eigenvalue weighted by Gasteiger charge is -2.11. The third-order valence-corrected chi connectivity index (χ3v) is 5.30. The Morgan fingerprint density at radius 2 is 2.08 bits per heavy atom. The molecule has 0 spiro atoms. The fraction of sp³-hybridized carbons (Fsp3) is 0.235. The molecule has 0 aliphatic heterocycles. The van der Waals surface area contributed by atoms with Crippen LogP contribution in [-0.2, 0) is 11.3 Å². The number of carbonyl (C=O) groups is 1. The first kappa shape index (κ1) is 18.3. The lowest BCUT2D eigenvalue weighted by molar-refractivity contribution is -0.115. The summed E-state index contributed by atoms with van der Waals surface area (Å²) in [7, 11) is 0. The molecule has 2 heterocycles. The summed E-state index contributed by atoms with van der Waals surface area (Å²) in [6.07, 6.45) is 1.79. The normalized spacial score (nSPS) is 11.9. The standard InChI is InChI=1S/C17H18N6OS2/c1-4-10-23-14(13-8-6-5-7-9-13)20-22-17(23)25-11(2)15(24)18-16-21-19-12(3)26-16/h4-9,11H,1,10H2,2-3H3,(H,18,21,24)/t11-/m1/s1. The van der Waals surface area contributed by atoms with Crippen molar-refractivity contribution >= 4 is 34.1 Å². The van der Waals surface area contributed by atoms with Crippen LogP contribution in [0.3, 0.4) is 0 Å². The number of hydrogen-bond acceptors (Lipinski definition) is 7. The zero-order chi connectivity index (χ0) is 18.5. The number of carbonyl (C=O) groups excluding carboxylic acids is 1. The summed E-state index contributed by atoms with van der Waals surface area (Å²) in [4.78, 5) is 12.4. The minimum atomic E-state index is -0.365. The van der Waals surface area contributed by atoms with E-state index in [0.29, 0.717) is 16.8 Å². The number of amides is 1. The summed E-state index contributed by atoms with van der Waals surface area (Å²) in [6.45, 7) is 8.03. The molecule has 0 saturated heterocycles. The maximum atomic E-state index is 12.4. The van der Waals surface area contributed by atoms with Gasteiger partial charge in [-0.2, -0.15) is 0 Å². The molecule has 2 aromatic heterocycles. The van der Waals surface area contributed by atoms with Crippen molar-refractivity contribution in [3.8, 4) is 11.4 Å². The first-order chi connectivity index (χ1) is 12.6. The van der Waals surface area contributed by atoms with Crippen LogP contribution in [0.5, 0.6) is 0 Å². The molecule has 1 atom stereocenters. The smallest absolute Gasteiger partial charge is 0.239 e. The summed E-state index contributed by atoms with van der Waals surface area (Å²) >= 11 is 2.69. The van der Waals surface area contributed by atoms with Gasteiger partial charge in [-0.25, -0.2) is 0 Å². The third kappa shape index (κ3) is 4.17. The van der Waals surface area contributed by atoms with Crippen molar-refractivity contribution < 1.29 is 4.79 Å². The maximum absolute atomic E-state index is 12.4. The molecule has 3 rings (SSSR count). The molecule has 3 aromatic rings. The van der Waals surface area contributed by atoms with Gasteiger partial charge in [0.2, 0.25) is 11.0 Å². The summed E-state index contributed by atoms with van der Waals surface area (Å²) < 4.78 is 1.95.